The van der Waals surface area contributed by atoms with Gasteiger partial charge in [0, 0.05) is 0 Å². The van der Waals surface area contributed by atoms with E-state index in [2.05, 4.69) is 64.8 Å². The third-order valence-electron chi connectivity index (χ3n) is 4.63. The first-order chi connectivity index (χ1) is 11.9. The molecule has 0 bridgehead atoms. The van der Waals surface area contributed by atoms with Crippen molar-refractivity contribution in [3.8, 4) is 0 Å². The fourth-order valence-corrected chi connectivity index (χ4v) is 7.68. The van der Waals surface area contributed by atoms with Gasteiger partial charge in [0.15, 0.2) is 0 Å². The van der Waals surface area contributed by atoms with Gasteiger partial charge in [0.25, 0.3) is 0 Å². The Bertz CT molecular complexity index is 828. The zero-order valence-corrected chi connectivity index (χ0v) is 18.5. The van der Waals surface area contributed by atoms with E-state index in [1.165, 1.54) is 42.4 Å². The molecule has 0 saturated carbocycles. The predicted molar refractivity (Wildman–Crippen MR) is 91.5 cm³/mol. The molecule has 0 spiro atoms. The monoisotopic (exact) mass is 464 g/mol. The average molecular weight is 467 g/mol. The van der Waals surface area contributed by atoms with Gasteiger partial charge in [-0.25, -0.2) is 0 Å². The van der Waals surface area contributed by atoms with Crippen LogP contribution in [0, 0.1) is 0 Å². The number of hydrogen-bond acceptors (Lipinski definition) is 3. The van der Waals surface area contributed by atoms with Crippen molar-refractivity contribution in [3.05, 3.63) is 62.7 Å². The topological polar surface area (TPSA) is 43.6 Å². The summed E-state index contributed by atoms with van der Waals surface area (Å²) in [6.45, 7) is 2.27. The van der Waals surface area contributed by atoms with Crippen LogP contribution in [0.2, 0.25) is 0 Å². The van der Waals surface area contributed by atoms with E-state index in [-0.39, 0.29) is 24.8 Å². The van der Waals surface area contributed by atoms with E-state index in [9.17, 15) is 0 Å². The zero-order valence-electron chi connectivity index (χ0n) is 14.6. The average Bonchev–Trinajstić information content (AvgIpc) is 3.34. The van der Waals surface area contributed by atoms with Crippen LogP contribution in [0.1, 0.15) is 47.4 Å². The SMILES string of the molecule is CCCCC1=[C]([Zr+2][CH]2C(n3ncnn3)=Cc3ccccc32)CC=C1.[Cl-].[Cl-]. The number of fused-ring (bicyclic) bond motifs is 1. The number of tetrazole rings is 1. The molecule has 0 fully saturated rings. The molecule has 2 aliphatic carbocycles. The number of allylic oxidation sites excluding steroid dienone is 5. The molecule has 134 valence electrons. The smallest absolute Gasteiger partial charge is 1.00 e. The molecule has 0 radical (unpaired) electrons. The van der Waals surface area contributed by atoms with E-state index >= 15 is 0 Å². The second kappa shape index (κ2) is 9.78. The van der Waals surface area contributed by atoms with Crippen LogP contribution >= 0.6 is 0 Å². The first kappa shape index (κ1) is 21.3. The molecule has 7 heteroatoms. The Balaban J connectivity index is 0.00000121. The summed E-state index contributed by atoms with van der Waals surface area (Å²) >= 11 is -0.807. The van der Waals surface area contributed by atoms with Gasteiger partial charge >= 0.3 is 154 Å². The van der Waals surface area contributed by atoms with E-state index in [0.717, 1.165) is 6.42 Å². The minimum absolute atomic E-state index is 0. The molecule has 0 amide bonds. The van der Waals surface area contributed by atoms with E-state index in [1.807, 2.05) is 0 Å². The van der Waals surface area contributed by atoms with Crippen LogP contribution in [0.15, 0.2) is 51.6 Å². The Morgan fingerprint density at radius 3 is 2.85 bits per heavy atom. The summed E-state index contributed by atoms with van der Waals surface area (Å²) in [4.78, 5) is 1.72. The van der Waals surface area contributed by atoms with Crippen molar-refractivity contribution in [1.29, 1.82) is 0 Å². The van der Waals surface area contributed by atoms with Gasteiger partial charge in [-0.05, 0) is 0 Å². The fourth-order valence-electron chi connectivity index (χ4n) is 3.40. The van der Waals surface area contributed by atoms with Gasteiger partial charge in [0.2, 0.25) is 0 Å². The predicted octanol–water partition coefficient (Wildman–Crippen LogP) is -1.78. The van der Waals surface area contributed by atoms with Crippen LogP contribution in [-0.2, 0) is 23.2 Å². The number of nitrogens with zero attached hydrogens (tertiary/aromatic N) is 4. The van der Waals surface area contributed by atoms with Crippen molar-refractivity contribution in [2.24, 2.45) is 0 Å². The van der Waals surface area contributed by atoms with Crippen molar-refractivity contribution >= 4 is 11.8 Å². The summed E-state index contributed by atoms with van der Waals surface area (Å²) in [7, 11) is 0. The van der Waals surface area contributed by atoms with E-state index in [4.69, 9.17) is 0 Å². The summed E-state index contributed by atoms with van der Waals surface area (Å²) in [6.07, 6.45) is 13.4. The molecule has 1 aromatic carbocycles. The van der Waals surface area contributed by atoms with Crippen molar-refractivity contribution < 1.29 is 48.0 Å². The molecule has 1 unspecified atom stereocenters. The van der Waals surface area contributed by atoms with Crippen molar-refractivity contribution in [2.45, 2.75) is 36.2 Å². The van der Waals surface area contributed by atoms with E-state index in [0.29, 0.717) is 3.63 Å². The second-order valence-corrected chi connectivity index (χ2v) is 9.83. The normalized spacial score (nSPS) is 17.3. The van der Waals surface area contributed by atoms with Gasteiger partial charge in [0.1, 0.15) is 0 Å². The summed E-state index contributed by atoms with van der Waals surface area (Å²) in [5.74, 6) is 0. The molecule has 2 aromatic rings. The van der Waals surface area contributed by atoms with Crippen LogP contribution < -0.4 is 24.8 Å². The Morgan fingerprint density at radius 1 is 1.23 bits per heavy atom. The van der Waals surface area contributed by atoms with Crippen LogP contribution in [0.25, 0.3) is 11.8 Å². The maximum Gasteiger partial charge on any atom is -1.00 e. The van der Waals surface area contributed by atoms with Gasteiger partial charge < -0.3 is 24.8 Å². The standard InChI is InChI=1S/C10H7N4.C9H13.2ClH.Zr/c1-2-4-9-6-10(5-8(9)3-1)14-12-7-11-13-14;1-2-3-6-9-7-4-5-8-9;;;/h1-7H;4,7H,2-3,5-6H2,1H3;2*1H;/q;;;;+2/p-2. The number of hydrogen-bond donors (Lipinski definition) is 0. The van der Waals surface area contributed by atoms with Crippen LogP contribution in [-0.4, -0.2) is 20.2 Å². The first-order valence-corrected chi connectivity index (χ1v) is 11.2. The van der Waals surface area contributed by atoms with Gasteiger partial charge in [-0.1, -0.05) is 0 Å². The third kappa shape index (κ3) is 4.27. The summed E-state index contributed by atoms with van der Waals surface area (Å²) in [5.41, 5.74) is 5.58. The van der Waals surface area contributed by atoms with Crippen LogP contribution in [0.3, 0.4) is 0 Å². The van der Waals surface area contributed by atoms with Gasteiger partial charge in [-0.2, -0.15) is 0 Å². The zero-order chi connectivity index (χ0) is 16.4. The number of halogens is 2. The Hall–Kier alpha value is -1.03. The first-order valence-electron chi connectivity index (χ1n) is 8.56. The van der Waals surface area contributed by atoms with Crippen LogP contribution in [0.5, 0.6) is 0 Å². The molecule has 1 heterocycles. The molecule has 0 saturated heterocycles. The molecule has 1 atom stereocenters. The van der Waals surface area contributed by atoms with Crippen molar-refractivity contribution in [2.75, 3.05) is 0 Å². The summed E-state index contributed by atoms with van der Waals surface area (Å²) in [5, 5.41) is 12.4. The molecule has 4 nitrogen and oxygen atoms in total. The molecule has 4 rings (SSSR count). The minimum Gasteiger partial charge on any atom is -1.00 e. The molecule has 26 heavy (non-hydrogen) atoms. The molecular formula is C19H20Cl2N4Zr. The van der Waals surface area contributed by atoms with Gasteiger partial charge in [0.05, 0.1) is 0 Å². The largest absolute Gasteiger partial charge is 1.00 e. The van der Waals surface area contributed by atoms with Crippen molar-refractivity contribution in [1.82, 2.24) is 20.2 Å². The maximum atomic E-state index is 4.30. The number of aromatic nitrogens is 4. The molecular weight excluding hydrogens is 446 g/mol. The maximum absolute atomic E-state index is 4.30. The number of rotatable bonds is 6. The Morgan fingerprint density at radius 2 is 2.08 bits per heavy atom. The Kier molecular flexibility index (Phi) is 8.00. The number of benzene rings is 1. The van der Waals surface area contributed by atoms with E-state index in [1.54, 1.807) is 13.7 Å². The second-order valence-electron chi connectivity index (χ2n) is 6.21. The van der Waals surface area contributed by atoms with E-state index < -0.39 is 23.2 Å². The Labute approximate surface area is 178 Å². The third-order valence-corrected chi connectivity index (χ3v) is 8.98. The van der Waals surface area contributed by atoms with Crippen molar-refractivity contribution in [3.63, 3.8) is 0 Å². The number of unbranched alkanes of at least 4 members (excludes halogenated alkanes) is 1. The summed E-state index contributed by atoms with van der Waals surface area (Å²) < 4.78 is 2.21. The van der Waals surface area contributed by atoms with Gasteiger partial charge in [-0.3, -0.25) is 0 Å². The molecule has 0 aliphatic heterocycles. The molecule has 2 aliphatic rings. The quantitative estimate of drug-likeness (QED) is 0.506. The van der Waals surface area contributed by atoms with Crippen LogP contribution in [0.4, 0.5) is 0 Å². The summed E-state index contributed by atoms with van der Waals surface area (Å²) in [6, 6.07) is 8.73. The molecule has 0 N–H and O–H groups in total. The fraction of sp³-hybridized carbons (Fsp3) is 0.316. The van der Waals surface area contributed by atoms with Gasteiger partial charge in [-0.15, -0.1) is 0 Å². The molecule has 1 aromatic heterocycles. The minimum atomic E-state index is -0.807.